The van der Waals surface area contributed by atoms with Crippen LogP contribution in [0.3, 0.4) is 0 Å². The Morgan fingerprint density at radius 2 is 1.65 bits per heavy atom. The zero-order chi connectivity index (χ0) is 18.1. The van der Waals surface area contributed by atoms with E-state index in [9.17, 15) is 13.2 Å². The summed E-state index contributed by atoms with van der Waals surface area (Å²) in [6.45, 7) is 3.35. The maximum absolute atomic E-state index is 12.7. The first kappa shape index (κ1) is 18.1. The molecule has 0 N–H and O–H groups in total. The molecule has 3 fully saturated rings. The fraction of sp³-hybridized carbons (Fsp3) is 0.765. The highest BCUT2D eigenvalue weighted by Gasteiger charge is 2.34. The zero-order valence-electron chi connectivity index (χ0n) is 14.9. The summed E-state index contributed by atoms with van der Waals surface area (Å²) in [5, 5.41) is 4.52. The number of hydrogen-bond acceptors (Lipinski definition) is 5. The molecule has 0 aromatic carbocycles. The van der Waals surface area contributed by atoms with Crippen molar-refractivity contribution < 1.29 is 13.2 Å². The first-order valence-corrected chi connectivity index (χ1v) is 10.8. The van der Waals surface area contributed by atoms with Crippen molar-refractivity contribution >= 4 is 10.2 Å². The van der Waals surface area contributed by atoms with Gasteiger partial charge in [0, 0.05) is 44.7 Å². The molecular formula is C17H26N4O4S. The van der Waals surface area contributed by atoms with E-state index < -0.39 is 10.2 Å². The fourth-order valence-electron chi connectivity index (χ4n) is 3.70. The summed E-state index contributed by atoms with van der Waals surface area (Å²) in [6.07, 6.45) is 3.82. The Labute approximate surface area is 153 Å². The number of hydrogen-bond donors (Lipinski definition) is 0. The lowest BCUT2D eigenvalue weighted by Crippen LogP contribution is -2.51. The van der Waals surface area contributed by atoms with Gasteiger partial charge in [0.05, 0.1) is 18.9 Å². The van der Waals surface area contributed by atoms with Crippen LogP contribution >= 0.6 is 0 Å². The summed E-state index contributed by atoms with van der Waals surface area (Å²) in [5.74, 6) is 0.799. The molecule has 0 bridgehead atoms. The second-order valence-electron chi connectivity index (χ2n) is 7.41. The summed E-state index contributed by atoms with van der Waals surface area (Å²) in [5.41, 5.74) is 0.940. The SMILES string of the molecule is O=c1ccc(C2CC2)nn1CC1CCN(S(=O)(=O)N2CCOCC2)CC1. The van der Waals surface area contributed by atoms with Gasteiger partial charge in [-0.2, -0.15) is 22.1 Å². The molecule has 0 radical (unpaired) electrons. The van der Waals surface area contributed by atoms with Gasteiger partial charge in [-0.1, -0.05) is 0 Å². The van der Waals surface area contributed by atoms with Gasteiger partial charge in [-0.05, 0) is 37.7 Å². The molecule has 144 valence electrons. The molecule has 4 rings (SSSR count). The molecule has 2 aliphatic heterocycles. The lowest BCUT2D eigenvalue weighted by molar-refractivity contribution is 0.0691. The Morgan fingerprint density at radius 1 is 1.00 bits per heavy atom. The number of piperidine rings is 1. The third kappa shape index (κ3) is 3.85. The number of nitrogens with zero attached hydrogens (tertiary/aromatic N) is 4. The Bertz CT molecular complexity index is 791. The van der Waals surface area contributed by atoms with E-state index in [-0.39, 0.29) is 11.5 Å². The third-order valence-corrected chi connectivity index (χ3v) is 7.55. The highest BCUT2D eigenvalue weighted by Crippen LogP contribution is 2.38. The summed E-state index contributed by atoms with van der Waals surface area (Å²) in [6, 6.07) is 3.45. The van der Waals surface area contributed by atoms with Crippen LogP contribution in [0.4, 0.5) is 0 Å². The van der Waals surface area contributed by atoms with E-state index in [1.54, 1.807) is 15.1 Å². The molecule has 9 heteroatoms. The van der Waals surface area contributed by atoms with Crippen molar-refractivity contribution in [1.82, 2.24) is 18.4 Å². The van der Waals surface area contributed by atoms with Crippen LogP contribution < -0.4 is 5.56 Å². The first-order chi connectivity index (χ1) is 12.5. The molecule has 26 heavy (non-hydrogen) atoms. The lowest BCUT2D eigenvalue weighted by Gasteiger charge is -2.36. The monoisotopic (exact) mass is 382 g/mol. The Hall–Kier alpha value is -1.29. The van der Waals surface area contributed by atoms with Gasteiger partial charge in [0.15, 0.2) is 0 Å². The maximum Gasteiger partial charge on any atom is 0.282 e. The maximum atomic E-state index is 12.7. The first-order valence-electron chi connectivity index (χ1n) is 9.45. The van der Waals surface area contributed by atoms with Gasteiger partial charge < -0.3 is 4.74 Å². The topological polar surface area (TPSA) is 84.7 Å². The van der Waals surface area contributed by atoms with Crippen molar-refractivity contribution in [2.24, 2.45) is 5.92 Å². The van der Waals surface area contributed by atoms with Gasteiger partial charge in [-0.25, -0.2) is 4.68 Å². The minimum absolute atomic E-state index is 0.0715. The quantitative estimate of drug-likeness (QED) is 0.736. The summed E-state index contributed by atoms with van der Waals surface area (Å²) in [4.78, 5) is 12.1. The van der Waals surface area contributed by atoms with Gasteiger partial charge in [-0.3, -0.25) is 4.79 Å². The minimum atomic E-state index is -3.40. The molecule has 3 heterocycles. The molecule has 0 unspecified atom stereocenters. The molecular weight excluding hydrogens is 356 g/mol. The smallest absolute Gasteiger partial charge is 0.282 e. The number of morpholine rings is 1. The highest BCUT2D eigenvalue weighted by molar-refractivity contribution is 7.86. The van der Waals surface area contributed by atoms with Crippen molar-refractivity contribution in [2.75, 3.05) is 39.4 Å². The molecule has 0 amide bonds. The predicted octanol–water partition coefficient (Wildman–Crippen LogP) is 0.410. The van der Waals surface area contributed by atoms with E-state index in [0.717, 1.165) is 31.4 Å². The minimum Gasteiger partial charge on any atom is -0.379 e. The van der Waals surface area contributed by atoms with Gasteiger partial charge in [0.25, 0.3) is 15.8 Å². The van der Waals surface area contributed by atoms with Crippen molar-refractivity contribution in [3.8, 4) is 0 Å². The normalized spacial score (nSPS) is 24.0. The standard InChI is InChI=1S/C17H26N4O4S/c22-17-4-3-16(15-1-2-15)18-21(17)13-14-5-7-19(8-6-14)26(23,24)20-9-11-25-12-10-20/h3-4,14-15H,1-2,5-13H2. The Morgan fingerprint density at radius 3 is 2.31 bits per heavy atom. The fourth-order valence-corrected chi connectivity index (χ4v) is 5.31. The van der Waals surface area contributed by atoms with Crippen LogP contribution in [0.25, 0.3) is 0 Å². The average Bonchev–Trinajstić information content (AvgIpc) is 3.50. The number of ether oxygens (including phenoxy) is 1. The summed E-state index contributed by atoms with van der Waals surface area (Å²) >= 11 is 0. The van der Waals surface area contributed by atoms with E-state index in [1.165, 1.54) is 4.31 Å². The van der Waals surface area contributed by atoms with E-state index in [2.05, 4.69) is 5.10 Å². The van der Waals surface area contributed by atoms with Gasteiger partial charge in [0.1, 0.15) is 0 Å². The van der Waals surface area contributed by atoms with Crippen LogP contribution in [0.15, 0.2) is 16.9 Å². The molecule has 3 aliphatic rings. The van der Waals surface area contributed by atoms with Gasteiger partial charge in [0.2, 0.25) is 0 Å². The Balaban J connectivity index is 1.36. The lowest BCUT2D eigenvalue weighted by atomic mass is 9.98. The Kier molecular flexibility index (Phi) is 5.13. The van der Waals surface area contributed by atoms with E-state index in [4.69, 9.17) is 4.74 Å². The van der Waals surface area contributed by atoms with Crippen molar-refractivity contribution in [2.45, 2.75) is 38.1 Å². The van der Waals surface area contributed by atoms with Crippen molar-refractivity contribution in [3.63, 3.8) is 0 Å². The predicted molar refractivity (Wildman–Crippen MR) is 96.1 cm³/mol. The molecule has 1 aromatic rings. The summed E-state index contributed by atoms with van der Waals surface area (Å²) < 4.78 is 35.3. The van der Waals surface area contributed by atoms with E-state index in [0.29, 0.717) is 51.9 Å². The molecule has 8 nitrogen and oxygen atoms in total. The number of rotatable bonds is 5. The average molecular weight is 382 g/mol. The van der Waals surface area contributed by atoms with Gasteiger partial charge in [-0.15, -0.1) is 0 Å². The molecule has 2 saturated heterocycles. The molecule has 1 saturated carbocycles. The second kappa shape index (κ2) is 7.38. The molecule has 1 aliphatic carbocycles. The zero-order valence-corrected chi connectivity index (χ0v) is 15.7. The largest absolute Gasteiger partial charge is 0.379 e. The van der Waals surface area contributed by atoms with E-state index in [1.807, 2.05) is 6.07 Å². The van der Waals surface area contributed by atoms with Crippen molar-refractivity contribution in [3.05, 3.63) is 28.2 Å². The van der Waals surface area contributed by atoms with Crippen LogP contribution in [0.2, 0.25) is 0 Å². The van der Waals surface area contributed by atoms with E-state index >= 15 is 0 Å². The van der Waals surface area contributed by atoms with Crippen LogP contribution in [-0.4, -0.2) is 66.2 Å². The third-order valence-electron chi connectivity index (χ3n) is 5.51. The van der Waals surface area contributed by atoms with Crippen LogP contribution in [0.1, 0.15) is 37.3 Å². The van der Waals surface area contributed by atoms with Crippen LogP contribution in [0.5, 0.6) is 0 Å². The van der Waals surface area contributed by atoms with Crippen LogP contribution in [0, 0.1) is 5.92 Å². The molecule has 1 aromatic heterocycles. The number of aromatic nitrogens is 2. The molecule has 0 atom stereocenters. The van der Waals surface area contributed by atoms with Gasteiger partial charge >= 0.3 is 0 Å². The summed E-state index contributed by atoms with van der Waals surface area (Å²) in [7, 11) is -3.40. The highest BCUT2D eigenvalue weighted by atomic mass is 32.2. The van der Waals surface area contributed by atoms with Crippen LogP contribution in [-0.2, 0) is 21.5 Å². The van der Waals surface area contributed by atoms with Crippen molar-refractivity contribution in [1.29, 1.82) is 0 Å². The second-order valence-corrected chi connectivity index (χ2v) is 9.34. The molecule has 0 spiro atoms.